The molecule has 360 valence electrons. The average molecular weight is 960 g/mol. The number of aromatic nitrogens is 6. The predicted molar refractivity (Wildman–Crippen MR) is 256 cm³/mol. The fraction of sp³-hybridized carbons (Fsp3) is 0.510. The summed E-state index contributed by atoms with van der Waals surface area (Å²) in [5, 5.41) is 31.0. The maximum Gasteiger partial charge on any atom is 0.272 e. The van der Waals surface area contributed by atoms with Gasteiger partial charge in [0, 0.05) is 112 Å². The topological polar surface area (TPSA) is 154 Å². The van der Waals surface area contributed by atoms with Crippen LogP contribution in [0.5, 0.6) is 5.75 Å². The zero-order valence-electron chi connectivity index (χ0n) is 39.1. The Balaban J connectivity index is 0.683. The van der Waals surface area contributed by atoms with E-state index in [2.05, 4.69) is 46.1 Å². The van der Waals surface area contributed by atoms with Gasteiger partial charge in [-0.15, -0.1) is 10.2 Å². The number of halogens is 3. The quantitative estimate of drug-likeness (QED) is 0.145. The minimum atomic E-state index is -2.66. The van der Waals surface area contributed by atoms with Crippen LogP contribution in [0, 0.1) is 16.7 Å². The first kappa shape index (κ1) is 45.3. The van der Waals surface area contributed by atoms with Crippen LogP contribution < -0.4 is 19.9 Å². The molecule has 0 radical (unpaired) electrons. The Labute approximate surface area is 405 Å². The molecule has 0 atom stereocenters. The van der Waals surface area contributed by atoms with Crippen molar-refractivity contribution >= 4 is 40.7 Å². The molecule has 2 amide bonds. The van der Waals surface area contributed by atoms with Crippen LogP contribution in [0.4, 0.5) is 26.1 Å². The van der Waals surface area contributed by atoms with Gasteiger partial charge in [-0.1, -0.05) is 11.6 Å². The van der Waals surface area contributed by atoms with Gasteiger partial charge >= 0.3 is 0 Å². The van der Waals surface area contributed by atoms with Crippen LogP contribution in [0.15, 0.2) is 54.9 Å². The first-order chi connectivity index (χ1) is 33.4. The molecule has 3 aromatic heterocycles. The first-order valence-electron chi connectivity index (χ1n) is 24.5. The third-order valence-electron chi connectivity index (χ3n) is 15.8. The van der Waals surface area contributed by atoms with Gasteiger partial charge in [-0.3, -0.25) is 23.9 Å². The lowest BCUT2D eigenvalue weighted by molar-refractivity contribution is -0.129. The number of alkyl halides is 2. The molecule has 0 unspecified atom stereocenters. The summed E-state index contributed by atoms with van der Waals surface area (Å²) in [5.74, 6) is 2.03. The Morgan fingerprint density at radius 3 is 2.45 bits per heavy atom. The number of rotatable bonds is 10. The largest absolute Gasteiger partial charge is 0.490 e. The third-order valence-corrected chi connectivity index (χ3v) is 16.1. The van der Waals surface area contributed by atoms with Gasteiger partial charge in [0.05, 0.1) is 35.5 Å². The lowest BCUT2D eigenvalue weighted by atomic mass is 9.66. The fourth-order valence-electron chi connectivity index (χ4n) is 11.8. The van der Waals surface area contributed by atoms with Gasteiger partial charge in [-0.25, -0.2) is 8.78 Å². The molecule has 69 heavy (non-hydrogen) atoms. The van der Waals surface area contributed by atoms with Crippen LogP contribution in [0.1, 0.15) is 116 Å². The molecular formula is C51H57ClF2N12O3. The number of carbonyl (C=O) groups excluding carboxylic acids is 2. The molecule has 4 aliphatic heterocycles. The summed E-state index contributed by atoms with van der Waals surface area (Å²) in [5.41, 5.74) is 6.23. The number of likely N-dealkylation sites (tertiary alicyclic amines) is 1. The molecule has 15 nitrogen and oxygen atoms in total. The van der Waals surface area contributed by atoms with Crippen LogP contribution >= 0.6 is 11.6 Å². The lowest BCUT2D eigenvalue weighted by Crippen LogP contribution is -2.69. The molecule has 18 heteroatoms. The van der Waals surface area contributed by atoms with Crippen molar-refractivity contribution in [3.8, 4) is 22.9 Å². The average Bonchev–Trinajstić information content (AvgIpc) is 3.94. The van der Waals surface area contributed by atoms with Crippen molar-refractivity contribution in [3.63, 3.8) is 0 Å². The van der Waals surface area contributed by atoms with Crippen molar-refractivity contribution in [1.29, 1.82) is 5.26 Å². The van der Waals surface area contributed by atoms with Crippen LogP contribution in [-0.4, -0.2) is 109 Å². The summed E-state index contributed by atoms with van der Waals surface area (Å²) in [7, 11) is 1.79. The van der Waals surface area contributed by atoms with Crippen molar-refractivity contribution in [3.05, 3.63) is 93.5 Å². The molecule has 1 N–H and O–H groups in total. The highest BCUT2D eigenvalue weighted by atomic mass is 35.5. The van der Waals surface area contributed by atoms with Crippen LogP contribution in [-0.2, 0) is 31.2 Å². The first-order valence-corrected chi connectivity index (χ1v) is 24.9. The standard InChI is InChI=1S/C51H57ClF2N12O3/c1-31(67)62-19-15-45-42(28-62)49(65-18-3-4-32-20-40(34-24-56-61(2)25-34)41(48(53)54)22-46(32)65)60-66(45)36-13-16-51(17-14-36)29-64(30-51)37-26-63(27-37)47-12-11-44(58-59-47)50(68)57-35-6-9-38(10-7-35)69-39-8-5-33(23-55)43(52)21-39/h5,8,11-12,20-22,24-25,35-38,48H,3-4,6-7,9-10,13-19,26-30H2,1-2H3,(H,57,68). The minimum absolute atomic E-state index is 0.00885. The Hall–Kier alpha value is -6.12. The summed E-state index contributed by atoms with van der Waals surface area (Å²) in [6.07, 6.45) is 10.6. The number of hydrogen-bond donors (Lipinski definition) is 1. The number of benzene rings is 2. The summed E-state index contributed by atoms with van der Waals surface area (Å²) < 4.78 is 39.5. The summed E-state index contributed by atoms with van der Waals surface area (Å²) >= 11 is 6.17. The van der Waals surface area contributed by atoms with E-state index in [0.717, 1.165) is 125 Å². The molecule has 2 aliphatic carbocycles. The van der Waals surface area contributed by atoms with E-state index in [1.165, 1.54) is 5.69 Å². The van der Waals surface area contributed by atoms with Gasteiger partial charge in [-0.05, 0) is 117 Å². The summed E-state index contributed by atoms with van der Waals surface area (Å²) in [6.45, 7) is 7.30. The van der Waals surface area contributed by atoms with Crippen LogP contribution in [0.3, 0.4) is 0 Å². The number of carbonyl (C=O) groups is 2. The van der Waals surface area contributed by atoms with Crippen molar-refractivity contribution < 1.29 is 23.1 Å². The van der Waals surface area contributed by atoms with Crippen LogP contribution in [0.2, 0.25) is 5.02 Å². The zero-order valence-corrected chi connectivity index (χ0v) is 39.8. The van der Waals surface area contributed by atoms with Crippen molar-refractivity contribution in [1.82, 2.24) is 44.9 Å². The van der Waals surface area contributed by atoms with Gasteiger partial charge < -0.3 is 24.8 Å². The number of nitrogens with zero attached hydrogens (tertiary/aromatic N) is 11. The predicted octanol–water partition coefficient (Wildman–Crippen LogP) is 7.95. The molecule has 2 saturated carbocycles. The van der Waals surface area contributed by atoms with E-state index in [9.17, 15) is 18.4 Å². The maximum absolute atomic E-state index is 14.8. The lowest BCUT2D eigenvalue weighted by Gasteiger charge is -2.59. The Morgan fingerprint density at radius 1 is 0.971 bits per heavy atom. The van der Waals surface area contributed by atoms with E-state index in [-0.39, 0.29) is 35.6 Å². The molecular weight excluding hydrogens is 902 g/mol. The van der Waals surface area contributed by atoms with E-state index in [4.69, 9.17) is 26.7 Å². The zero-order chi connectivity index (χ0) is 47.6. The summed E-state index contributed by atoms with van der Waals surface area (Å²) in [4.78, 5) is 34.7. The molecule has 6 aliphatic rings. The molecule has 2 saturated heterocycles. The number of amides is 2. The Kier molecular flexibility index (Phi) is 12.0. The van der Waals surface area contributed by atoms with Crippen molar-refractivity contribution in [2.45, 2.75) is 115 Å². The van der Waals surface area contributed by atoms with E-state index in [0.29, 0.717) is 64.2 Å². The highest BCUT2D eigenvalue weighted by Crippen LogP contribution is 2.50. The fourth-order valence-corrected chi connectivity index (χ4v) is 12.1. The van der Waals surface area contributed by atoms with Gasteiger partial charge in [0.15, 0.2) is 17.3 Å². The molecule has 7 heterocycles. The molecule has 2 aromatic carbocycles. The number of ether oxygens (including phenoxy) is 1. The number of nitriles is 1. The van der Waals surface area contributed by atoms with Gasteiger partial charge in [0.2, 0.25) is 5.91 Å². The highest BCUT2D eigenvalue weighted by Gasteiger charge is 2.50. The summed E-state index contributed by atoms with van der Waals surface area (Å²) in [6, 6.07) is 15.1. The number of aryl methyl sites for hydroxylation is 2. The number of hydrogen-bond acceptors (Lipinski definition) is 11. The highest BCUT2D eigenvalue weighted by molar-refractivity contribution is 6.31. The van der Waals surface area contributed by atoms with Gasteiger partial charge in [0.25, 0.3) is 12.3 Å². The second kappa shape index (κ2) is 18.3. The monoisotopic (exact) mass is 958 g/mol. The normalized spacial score (nSPS) is 21.6. The van der Waals surface area contributed by atoms with E-state index in [1.54, 1.807) is 61.4 Å². The second-order valence-corrected chi connectivity index (χ2v) is 20.6. The van der Waals surface area contributed by atoms with Crippen molar-refractivity contribution in [2.75, 3.05) is 49.1 Å². The molecule has 1 spiro atoms. The number of anilines is 3. The van der Waals surface area contributed by atoms with Crippen molar-refractivity contribution in [2.24, 2.45) is 12.5 Å². The Bertz CT molecular complexity index is 2800. The third kappa shape index (κ3) is 8.79. The Morgan fingerprint density at radius 2 is 1.77 bits per heavy atom. The van der Waals surface area contributed by atoms with Gasteiger partial charge in [-0.2, -0.15) is 15.5 Å². The molecule has 0 bridgehead atoms. The van der Waals surface area contributed by atoms with Crippen LogP contribution in [0.25, 0.3) is 11.1 Å². The smallest absolute Gasteiger partial charge is 0.272 e. The van der Waals surface area contributed by atoms with Gasteiger partial charge in [0.1, 0.15) is 11.8 Å². The molecule has 11 rings (SSSR count). The SMILES string of the molecule is CC(=O)N1CCc2c(c(N3CCCc4cc(-c5cnn(C)c5)c(C(F)F)cc43)nn2C2CCC3(CC2)CN(C2CN(c4ccc(C(=O)NC5CCC(Oc6ccc(C#N)c(Cl)c6)CC5)nn4)C2)C3)C1. The minimum Gasteiger partial charge on any atom is -0.490 e. The van der Waals surface area contributed by atoms with E-state index < -0.39 is 6.43 Å². The van der Waals surface area contributed by atoms with E-state index in [1.807, 2.05) is 17.0 Å². The molecule has 4 fully saturated rings. The second-order valence-electron chi connectivity index (χ2n) is 20.2. The number of fused-ring (bicyclic) bond motifs is 2. The molecule has 5 aromatic rings. The number of nitrogens with one attached hydrogen (secondary N) is 1. The maximum atomic E-state index is 14.8. The van der Waals surface area contributed by atoms with E-state index >= 15 is 0 Å².